The molecule has 1 amide bonds. The van der Waals surface area contributed by atoms with Gasteiger partial charge in [-0.2, -0.15) is 0 Å². The third-order valence-electron chi connectivity index (χ3n) is 4.25. The van der Waals surface area contributed by atoms with Gasteiger partial charge in [-0.05, 0) is 42.5 Å². The average molecular weight is 323 g/mol. The van der Waals surface area contributed by atoms with E-state index in [-0.39, 0.29) is 17.4 Å². The lowest BCUT2D eigenvalue weighted by atomic mass is 9.79. The molecule has 7 nitrogen and oxygen atoms in total. The Bertz CT molecular complexity index is 856. The molecule has 2 atom stereocenters. The summed E-state index contributed by atoms with van der Waals surface area (Å²) in [4.78, 5) is 14.9. The average Bonchev–Trinajstić information content (AvgIpc) is 2.82. The van der Waals surface area contributed by atoms with Crippen molar-refractivity contribution in [1.29, 1.82) is 0 Å². The van der Waals surface area contributed by atoms with Crippen LogP contribution in [0.15, 0.2) is 23.1 Å². The maximum Gasteiger partial charge on any atom is 0.238 e. The van der Waals surface area contributed by atoms with E-state index in [4.69, 9.17) is 10.9 Å². The number of sulfonamides is 1. The molecule has 1 aliphatic carbocycles. The SMILES string of the molecule is NC(=O)C1CC(CO)Cc2c1[nH]c1ccc(S(N)(=O)=O)cc21. The van der Waals surface area contributed by atoms with E-state index in [0.717, 1.165) is 11.1 Å². The van der Waals surface area contributed by atoms with Crippen molar-refractivity contribution < 1.29 is 18.3 Å². The van der Waals surface area contributed by atoms with E-state index in [1.54, 1.807) is 6.07 Å². The fraction of sp³-hybridized carbons (Fsp3) is 0.357. The lowest BCUT2D eigenvalue weighted by molar-refractivity contribution is -0.120. The van der Waals surface area contributed by atoms with Gasteiger partial charge in [-0.3, -0.25) is 4.79 Å². The smallest absolute Gasteiger partial charge is 0.238 e. The van der Waals surface area contributed by atoms with Crippen molar-refractivity contribution in [3.05, 3.63) is 29.5 Å². The first-order valence-electron chi connectivity index (χ1n) is 6.88. The van der Waals surface area contributed by atoms with Crippen molar-refractivity contribution in [3.8, 4) is 0 Å². The van der Waals surface area contributed by atoms with Crippen LogP contribution in [-0.4, -0.2) is 31.0 Å². The number of carbonyl (C=O) groups excluding carboxylic acids is 1. The molecule has 8 heteroatoms. The van der Waals surface area contributed by atoms with Gasteiger partial charge in [0.25, 0.3) is 0 Å². The van der Waals surface area contributed by atoms with Crippen molar-refractivity contribution in [2.45, 2.75) is 23.7 Å². The minimum Gasteiger partial charge on any atom is -0.396 e. The van der Waals surface area contributed by atoms with Crippen LogP contribution < -0.4 is 10.9 Å². The molecule has 22 heavy (non-hydrogen) atoms. The molecule has 0 radical (unpaired) electrons. The van der Waals surface area contributed by atoms with Gasteiger partial charge < -0.3 is 15.8 Å². The number of primary sulfonamides is 1. The van der Waals surface area contributed by atoms with Gasteiger partial charge in [0.1, 0.15) is 0 Å². The highest BCUT2D eigenvalue weighted by molar-refractivity contribution is 7.89. The van der Waals surface area contributed by atoms with Gasteiger partial charge in [-0.25, -0.2) is 13.6 Å². The number of rotatable bonds is 3. The third kappa shape index (κ3) is 2.39. The van der Waals surface area contributed by atoms with Crippen LogP contribution in [0.2, 0.25) is 0 Å². The van der Waals surface area contributed by atoms with Crippen LogP contribution in [0.5, 0.6) is 0 Å². The number of nitrogens with two attached hydrogens (primary N) is 2. The number of benzene rings is 1. The number of fused-ring (bicyclic) bond motifs is 3. The number of primary amides is 1. The minimum absolute atomic E-state index is 0.0172. The molecule has 2 aromatic rings. The van der Waals surface area contributed by atoms with Gasteiger partial charge >= 0.3 is 0 Å². The zero-order valence-corrected chi connectivity index (χ0v) is 12.6. The molecule has 1 aromatic heterocycles. The zero-order chi connectivity index (χ0) is 16.1. The molecule has 0 saturated carbocycles. The lowest BCUT2D eigenvalue weighted by Crippen LogP contribution is -2.30. The second-order valence-corrected chi connectivity index (χ2v) is 7.27. The van der Waals surface area contributed by atoms with E-state index in [1.807, 2.05) is 0 Å². The first-order chi connectivity index (χ1) is 10.3. The Kier molecular flexibility index (Phi) is 3.47. The number of aromatic nitrogens is 1. The molecule has 1 heterocycles. The fourth-order valence-corrected chi connectivity index (χ4v) is 3.70. The van der Waals surface area contributed by atoms with E-state index < -0.39 is 21.8 Å². The second kappa shape index (κ2) is 5.08. The van der Waals surface area contributed by atoms with Crippen LogP contribution in [0.4, 0.5) is 0 Å². The summed E-state index contributed by atoms with van der Waals surface area (Å²) in [6.45, 7) is -0.0508. The largest absolute Gasteiger partial charge is 0.396 e. The molecule has 118 valence electrons. The number of aromatic amines is 1. The van der Waals surface area contributed by atoms with Crippen molar-refractivity contribution in [3.63, 3.8) is 0 Å². The Morgan fingerprint density at radius 1 is 1.41 bits per heavy atom. The summed E-state index contributed by atoms with van der Waals surface area (Å²) in [5.74, 6) is -1.05. The molecule has 0 aliphatic heterocycles. The molecule has 0 bridgehead atoms. The monoisotopic (exact) mass is 323 g/mol. The zero-order valence-electron chi connectivity index (χ0n) is 11.7. The van der Waals surface area contributed by atoms with Crippen LogP contribution in [0.3, 0.4) is 0 Å². The van der Waals surface area contributed by atoms with Crippen molar-refractivity contribution >= 4 is 26.8 Å². The molecule has 0 saturated heterocycles. The van der Waals surface area contributed by atoms with E-state index >= 15 is 0 Å². The van der Waals surface area contributed by atoms with Gasteiger partial charge in [0, 0.05) is 23.2 Å². The fourth-order valence-electron chi connectivity index (χ4n) is 3.16. The number of aliphatic hydroxyl groups is 1. The highest BCUT2D eigenvalue weighted by Crippen LogP contribution is 2.38. The van der Waals surface area contributed by atoms with Crippen LogP contribution >= 0.6 is 0 Å². The predicted molar refractivity (Wildman–Crippen MR) is 80.5 cm³/mol. The van der Waals surface area contributed by atoms with Crippen molar-refractivity contribution in [2.24, 2.45) is 16.8 Å². The number of hydrogen-bond acceptors (Lipinski definition) is 4. The topological polar surface area (TPSA) is 139 Å². The van der Waals surface area contributed by atoms with Gasteiger partial charge in [0.15, 0.2) is 0 Å². The van der Waals surface area contributed by atoms with Gasteiger partial charge in [-0.1, -0.05) is 0 Å². The van der Waals surface area contributed by atoms with E-state index in [1.165, 1.54) is 12.1 Å². The number of hydrogen-bond donors (Lipinski definition) is 4. The van der Waals surface area contributed by atoms with E-state index in [0.29, 0.717) is 23.9 Å². The van der Waals surface area contributed by atoms with Gasteiger partial charge in [-0.15, -0.1) is 0 Å². The second-order valence-electron chi connectivity index (χ2n) is 5.71. The molecule has 1 aromatic carbocycles. The molecule has 0 spiro atoms. The maximum absolute atomic E-state index is 11.7. The molecule has 1 aliphatic rings. The molecule has 6 N–H and O–H groups in total. The van der Waals surface area contributed by atoms with Crippen molar-refractivity contribution in [1.82, 2.24) is 4.98 Å². The summed E-state index contributed by atoms with van der Waals surface area (Å²) in [5.41, 5.74) is 7.72. The number of H-pyrrole nitrogens is 1. The first-order valence-corrected chi connectivity index (χ1v) is 8.43. The molecule has 3 rings (SSSR count). The van der Waals surface area contributed by atoms with Crippen molar-refractivity contribution in [2.75, 3.05) is 6.61 Å². The normalized spacial score (nSPS) is 21.7. The molecular weight excluding hydrogens is 306 g/mol. The van der Waals surface area contributed by atoms with E-state index in [2.05, 4.69) is 4.98 Å². The summed E-state index contributed by atoms with van der Waals surface area (Å²) in [6.07, 6.45) is 1.04. The summed E-state index contributed by atoms with van der Waals surface area (Å²) in [7, 11) is -3.80. The molecule has 0 fully saturated rings. The summed E-state index contributed by atoms with van der Waals surface area (Å²) < 4.78 is 23.0. The standard InChI is InChI=1S/C14H17N3O4S/c15-14(19)11-4-7(6-18)3-10-9-5-8(22(16,20)21)1-2-12(9)17-13(10)11/h1-2,5,7,11,17-18H,3-4,6H2,(H2,15,19)(H2,16,20,21). The number of carbonyl (C=O) groups is 1. The number of aliphatic hydroxyl groups excluding tert-OH is 1. The molecular formula is C14H17N3O4S. The summed E-state index contributed by atoms with van der Waals surface area (Å²) in [5, 5.41) is 15.3. The Morgan fingerprint density at radius 2 is 2.14 bits per heavy atom. The number of amides is 1. The lowest BCUT2D eigenvalue weighted by Gasteiger charge is -2.26. The highest BCUT2D eigenvalue weighted by Gasteiger charge is 2.33. The summed E-state index contributed by atoms with van der Waals surface area (Å²) in [6, 6.07) is 4.54. The first kappa shape index (κ1) is 15.0. The maximum atomic E-state index is 11.7. The van der Waals surface area contributed by atoms with E-state index in [9.17, 15) is 18.3 Å². The Labute approximate surface area is 127 Å². The highest BCUT2D eigenvalue weighted by atomic mass is 32.2. The molecule has 2 unspecified atom stereocenters. The third-order valence-corrected chi connectivity index (χ3v) is 5.16. The van der Waals surface area contributed by atoms with Crippen LogP contribution in [0.25, 0.3) is 10.9 Å². The Balaban J connectivity index is 2.23. The van der Waals surface area contributed by atoms with Crippen LogP contribution in [-0.2, 0) is 21.2 Å². The number of nitrogens with one attached hydrogen (secondary N) is 1. The van der Waals surface area contributed by atoms with Gasteiger partial charge in [0.2, 0.25) is 15.9 Å². The minimum atomic E-state index is -3.80. The van der Waals surface area contributed by atoms with Gasteiger partial charge in [0.05, 0.1) is 10.8 Å². The Hall–Kier alpha value is -1.90. The quantitative estimate of drug-likeness (QED) is 0.628. The predicted octanol–water partition coefficient (Wildman–Crippen LogP) is -0.0611. The summed E-state index contributed by atoms with van der Waals surface area (Å²) >= 11 is 0. The van der Waals surface area contributed by atoms with Crippen LogP contribution in [0.1, 0.15) is 23.6 Å². The Morgan fingerprint density at radius 3 is 2.73 bits per heavy atom. The van der Waals surface area contributed by atoms with Crippen LogP contribution in [0, 0.1) is 5.92 Å².